The molecule has 1 aromatic heterocycles. The predicted octanol–water partition coefficient (Wildman–Crippen LogP) is 3.55. The molecule has 0 saturated carbocycles. The first-order valence-electron chi connectivity index (χ1n) is 6.67. The number of morpholine rings is 1. The molecule has 6 heteroatoms. The van der Waals surface area contributed by atoms with Crippen LogP contribution in [0.4, 0.5) is 11.5 Å². The fourth-order valence-corrected chi connectivity index (χ4v) is 2.96. The zero-order valence-corrected chi connectivity index (χ0v) is 12.8. The molecule has 1 aliphatic heterocycles. The van der Waals surface area contributed by atoms with Crippen LogP contribution >= 0.6 is 23.2 Å². The summed E-state index contributed by atoms with van der Waals surface area (Å²) in [5, 5.41) is 1.30. The van der Waals surface area contributed by atoms with Gasteiger partial charge < -0.3 is 15.4 Å². The van der Waals surface area contributed by atoms with Gasteiger partial charge in [-0.15, -0.1) is 0 Å². The number of nitrogens with zero attached hydrogens (tertiary/aromatic N) is 2. The fraction of sp³-hybridized carbons (Fsp3) is 0.267. The maximum absolute atomic E-state index is 6.25. The summed E-state index contributed by atoms with van der Waals surface area (Å²) in [5.41, 5.74) is 7.62. The molecule has 0 spiro atoms. The highest BCUT2D eigenvalue weighted by molar-refractivity contribution is 6.33. The minimum absolute atomic E-state index is 0.0853. The first kappa shape index (κ1) is 14.4. The van der Waals surface area contributed by atoms with Crippen molar-refractivity contribution in [1.29, 1.82) is 0 Å². The lowest BCUT2D eigenvalue weighted by Gasteiger charge is -2.35. The van der Waals surface area contributed by atoms with Crippen molar-refractivity contribution in [2.45, 2.75) is 6.10 Å². The average molecular weight is 324 g/mol. The van der Waals surface area contributed by atoms with Gasteiger partial charge in [0.1, 0.15) is 11.9 Å². The smallest absolute Gasteiger partial charge is 0.125 e. The van der Waals surface area contributed by atoms with Crippen LogP contribution < -0.4 is 10.6 Å². The van der Waals surface area contributed by atoms with Gasteiger partial charge in [-0.1, -0.05) is 41.4 Å². The Balaban J connectivity index is 1.86. The highest BCUT2D eigenvalue weighted by atomic mass is 35.5. The Bertz CT molecular complexity index is 651. The van der Waals surface area contributed by atoms with Gasteiger partial charge in [0.2, 0.25) is 0 Å². The van der Waals surface area contributed by atoms with Crippen molar-refractivity contribution in [1.82, 2.24) is 4.98 Å². The Morgan fingerprint density at radius 3 is 2.86 bits per heavy atom. The van der Waals surface area contributed by atoms with Crippen LogP contribution in [0.2, 0.25) is 10.0 Å². The van der Waals surface area contributed by atoms with Crippen molar-refractivity contribution in [2.75, 3.05) is 30.3 Å². The molecule has 3 rings (SSSR count). The molecular weight excluding hydrogens is 309 g/mol. The number of benzene rings is 1. The summed E-state index contributed by atoms with van der Waals surface area (Å²) in [5.74, 6) is 0.454. The number of rotatable bonds is 2. The summed E-state index contributed by atoms with van der Waals surface area (Å²) in [4.78, 5) is 6.14. The third-order valence-electron chi connectivity index (χ3n) is 3.52. The number of nitrogen functional groups attached to an aromatic ring is 1. The van der Waals surface area contributed by atoms with Gasteiger partial charge in [-0.2, -0.15) is 0 Å². The van der Waals surface area contributed by atoms with Crippen LogP contribution in [0.1, 0.15) is 11.7 Å². The minimum atomic E-state index is -0.0853. The SMILES string of the molecule is Nc1cc(N2CCOC(c3ccccc3Cl)C2)c(Cl)cn1. The number of hydrogen-bond donors (Lipinski definition) is 1. The Kier molecular flexibility index (Phi) is 4.19. The van der Waals surface area contributed by atoms with Gasteiger partial charge in [0.05, 0.1) is 17.3 Å². The first-order valence-corrected chi connectivity index (χ1v) is 7.43. The van der Waals surface area contributed by atoms with E-state index in [2.05, 4.69) is 9.88 Å². The van der Waals surface area contributed by atoms with Crippen molar-refractivity contribution in [3.8, 4) is 0 Å². The van der Waals surface area contributed by atoms with Crippen LogP contribution in [-0.2, 0) is 4.74 Å². The number of nitrogens with two attached hydrogens (primary N) is 1. The summed E-state index contributed by atoms with van der Waals surface area (Å²) < 4.78 is 5.85. The van der Waals surface area contributed by atoms with E-state index in [0.717, 1.165) is 17.8 Å². The third-order valence-corrected chi connectivity index (χ3v) is 4.15. The summed E-state index contributed by atoms with van der Waals surface area (Å²) in [6.07, 6.45) is 1.49. The molecule has 2 heterocycles. The van der Waals surface area contributed by atoms with Crippen molar-refractivity contribution in [3.05, 3.63) is 52.1 Å². The molecule has 0 amide bonds. The summed E-state index contributed by atoms with van der Waals surface area (Å²) in [7, 11) is 0. The van der Waals surface area contributed by atoms with Crippen LogP contribution in [0.3, 0.4) is 0 Å². The number of aromatic nitrogens is 1. The zero-order valence-electron chi connectivity index (χ0n) is 11.3. The van der Waals surface area contributed by atoms with Gasteiger partial charge in [-0.05, 0) is 6.07 Å². The molecule has 0 bridgehead atoms. The zero-order chi connectivity index (χ0) is 14.8. The number of halogens is 2. The average Bonchev–Trinajstić information content (AvgIpc) is 2.50. The second-order valence-corrected chi connectivity index (χ2v) is 5.70. The Morgan fingerprint density at radius 1 is 1.24 bits per heavy atom. The molecule has 2 aromatic rings. The van der Waals surface area contributed by atoms with E-state index in [1.807, 2.05) is 24.3 Å². The lowest BCUT2D eigenvalue weighted by Crippen LogP contribution is -2.38. The second kappa shape index (κ2) is 6.10. The molecule has 1 atom stereocenters. The highest BCUT2D eigenvalue weighted by Crippen LogP contribution is 2.33. The molecule has 1 unspecified atom stereocenters. The Hall–Kier alpha value is -1.49. The second-order valence-electron chi connectivity index (χ2n) is 4.89. The van der Waals surface area contributed by atoms with E-state index in [1.54, 1.807) is 12.3 Å². The lowest BCUT2D eigenvalue weighted by atomic mass is 10.1. The van der Waals surface area contributed by atoms with Crippen molar-refractivity contribution < 1.29 is 4.74 Å². The van der Waals surface area contributed by atoms with Crippen molar-refractivity contribution >= 4 is 34.7 Å². The third kappa shape index (κ3) is 3.07. The largest absolute Gasteiger partial charge is 0.384 e. The maximum Gasteiger partial charge on any atom is 0.125 e. The molecule has 1 fully saturated rings. The van der Waals surface area contributed by atoms with E-state index < -0.39 is 0 Å². The first-order chi connectivity index (χ1) is 10.1. The van der Waals surface area contributed by atoms with Gasteiger partial charge in [0.25, 0.3) is 0 Å². The summed E-state index contributed by atoms with van der Waals surface area (Å²) >= 11 is 12.5. The molecular formula is C15H15Cl2N3O. The van der Waals surface area contributed by atoms with Crippen LogP contribution in [0.15, 0.2) is 36.5 Å². The molecule has 1 aromatic carbocycles. The Labute approximate surface area is 133 Å². The van der Waals surface area contributed by atoms with Gasteiger partial charge in [0.15, 0.2) is 0 Å². The molecule has 0 radical (unpaired) electrons. The van der Waals surface area contributed by atoms with Crippen molar-refractivity contribution in [3.63, 3.8) is 0 Å². The quantitative estimate of drug-likeness (QED) is 0.918. The van der Waals surface area contributed by atoms with E-state index in [9.17, 15) is 0 Å². The standard InChI is InChI=1S/C15H15Cl2N3O/c16-11-4-2-1-3-10(11)14-9-20(5-6-21-14)13-7-15(18)19-8-12(13)17/h1-4,7-8,14H,5-6,9H2,(H2,18,19). The summed E-state index contributed by atoms with van der Waals surface area (Å²) in [6, 6.07) is 9.51. The van der Waals surface area contributed by atoms with Crippen LogP contribution in [-0.4, -0.2) is 24.7 Å². The van der Waals surface area contributed by atoms with Gasteiger partial charge in [0, 0.05) is 35.9 Å². The molecule has 1 saturated heterocycles. The van der Waals surface area contributed by atoms with E-state index in [-0.39, 0.29) is 6.10 Å². The lowest BCUT2D eigenvalue weighted by molar-refractivity contribution is 0.0399. The van der Waals surface area contributed by atoms with E-state index >= 15 is 0 Å². The minimum Gasteiger partial charge on any atom is -0.384 e. The van der Waals surface area contributed by atoms with Crippen LogP contribution in [0.25, 0.3) is 0 Å². The molecule has 2 N–H and O–H groups in total. The van der Waals surface area contributed by atoms with Crippen LogP contribution in [0.5, 0.6) is 0 Å². The molecule has 110 valence electrons. The number of anilines is 2. The fourth-order valence-electron chi connectivity index (χ4n) is 2.48. The van der Waals surface area contributed by atoms with Gasteiger partial charge in [-0.25, -0.2) is 4.98 Å². The monoisotopic (exact) mass is 323 g/mol. The molecule has 1 aliphatic rings. The number of ether oxygens (including phenoxy) is 1. The topological polar surface area (TPSA) is 51.4 Å². The van der Waals surface area contributed by atoms with Gasteiger partial charge >= 0.3 is 0 Å². The van der Waals surface area contributed by atoms with Gasteiger partial charge in [-0.3, -0.25) is 0 Å². The summed E-state index contributed by atoms with van der Waals surface area (Å²) in [6.45, 7) is 2.03. The van der Waals surface area contributed by atoms with E-state index in [0.29, 0.717) is 29.0 Å². The predicted molar refractivity (Wildman–Crippen MR) is 86.0 cm³/mol. The van der Waals surface area contributed by atoms with E-state index in [4.69, 9.17) is 33.7 Å². The van der Waals surface area contributed by atoms with Crippen LogP contribution in [0, 0.1) is 0 Å². The molecule has 4 nitrogen and oxygen atoms in total. The molecule has 21 heavy (non-hydrogen) atoms. The highest BCUT2D eigenvalue weighted by Gasteiger charge is 2.25. The number of hydrogen-bond acceptors (Lipinski definition) is 4. The number of pyridine rings is 1. The van der Waals surface area contributed by atoms with E-state index in [1.165, 1.54) is 0 Å². The van der Waals surface area contributed by atoms with Crippen molar-refractivity contribution in [2.24, 2.45) is 0 Å². The molecule has 0 aliphatic carbocycles. The maximum atomic E-state index is 6.25. The Morgan fingerprint density at radius 2 is 2.05 bits per heavy atom. The normalized spacial score (nSPS) is 18.8.